The number of carbonyl (C=O) groups is 1. The highest BCUT2D eigenvalue weighted by molar-refractivity contribution is 9.10. The third-order valence-corrected chi connectivity index (χ3v) is 5.30. The van der Waals surface area contributed by atoms with E-state index >= 15 is 0 Å². The van der Waals surface area contributed by atoms with E-state index in [0.717, 1.165) is 21.3 Å². The highest BCUT2D eigenvalue weighted by atomic mass is 79.9. The van der Waals surface area contributed by atoms with E-state index in [2.05, 4.69) is 26.3 Å². The van der Waals surface area contributed by atoms with Gasteiger partial charge in [-0.3, -0.25) is 9.48 Å². The Balaban J connectivity index is 1.37. The number of hydrogen-bond donors (Lipinski definition) is 1. The van der Waals surface area contributed by atoms with E-state index in [-0.39, 0.29) is 5.91 Å². The minimum Gasteiger partial charge on any atom is -0.489 e. The molecule has 5 nitrogen and oxygen atoms in total. The number of aromatic nitrogens is 2. The van der Waals surface area contributed by atoms with E-state index in [1.54, 1.807) is 23.1 Å². The lowest BCUT2D eigenvalue weighted by Gasteiger charge is -2.08. The molecule has 0 atom stereocenters. The standard InChI is InChI=1S/C24H19BrClN3O2/c25-20-7-9-23(10-8-20)31-16-18-4-1-5-19(11-18)24(30)28-22-13-27-29(15-22)14-17-3-2-6-21(26)12-17/h1-13,15H,14,16H2,(H,28,30). The molecule has 0 aliphatic rings. The first-order valence-corrected chi connectivity index (χ1v) is 10.8. The molecule has 31 heavy (non-hydrogen) atoms. The summed E-state index contributed by atoms with van der Waals surface area (Å²) in [6.07, 6.45) is 3.42. The second-order valence-electron chi connectivity index (χ2n) is 6.95. The summed E-state index contributed by atoms with van der Waals surface area (Å²) in [4.78, 5) is 12.7. The van der Waals surface area contributed by atoms with E-state index in [1.807, 2.05) is 66.7 Å². The van der Waals surface area contributed by atoms with Gasteiger partial charge in [-0.25, -0.2) is 0 Å². The van der Waals surface area contributed by atoms with Crippen LogP contribution < -0.4 is 10.1 Å². The molecular weight excluding hydrogens is 478 g/mol. The number of amides is 1. The summed E-state index contributed by atoms with van der Waals surface area (Å²) < 4.78 is 8.54. The van der Waals surface area contributed by atoms with E-state index < -0.39 is 0 Å². The number of halogens is 2. The Morgan fingerprint density at radius 1 is 1.03 bits per heavy atom. The maximum Gasteiger partial charge on any atom is 0.255 e. The highest BCUT2D eigenvalue weighted by Gasteiger charge is 2.09. The van der Waals surface area contributed by atoms with Crippen LogP contribution in [0.5, 0.6) is 5.75 Å². The van der Waals surface area contributed by atoms with Gasteiger partial charge in [0.1, 0.15) is 12.4 Å². The zero-order chi connectivity index (χ0) is 21.6. The topological polar surface area (TPSA) is 56.2 Å². The summed E-state index contributed by atoms with van der Waals surface area (Å²) in [5.41, 5.74) is 3.13. The highest BCUT2D eigenvalue weighted by Crippen LogP contribution is 2.18. The number of anilines is 1. The lowest BCUT2D eigenvalue weighted by Crippen LogP contribution is -2.12. The molecule has 7 heteroatoms. The van der Waals surface area contributed by atoms with Crippen LogP contribution in [0.25, 0.3) is 0 Å². The molecule has 0 radical (unpaired) electrons. The summed E-state index contributed by atoms with van der Waals surface area (Å²) in [5, 5.41) is 7.88. The molecule has 0 unspecified atom stereocenters. The average Bonchev–Trinajstić information content (AvgIpc) is 3.20. The fourth-order valence-corrected chi connectivity index (χ4v) is 3.52. The van der Waals surface area contributed by atoms with Crippen LogP contribution in [-0.2, 0) is 13.2 Å². The SMILES string of the molecule is O=C(Nc1cnn(Cc2cccc(Cl)c2)c1)c1cccc(COc2ccc(Br)cc2)c1. The number of carbonyl (C=O) groups excluding carboxylic acids is 1. The molecule has 0 spiro atoms. The van der Waals surface area contributed by atoms with Gasteiger partial charge in [-0.05, 0) is 59.7 Å². The van der Waals surface area contributed by atoms with Crippen molar-refractivity contribution in [2.45, 2.75) is 13.2 Å². The average molecular weight is 497 g/mol. The van der Waals surface area contributed by atoms with E-state index in [9.17, 15) is 4.79 Å². The molecule has 0 aliphatic heterocycles. The summed E-state index contributed by atoms with van der Waals surface area (Å²) in [6, 6.07) is 22.6. The predicted molar refractivity (Wildman–Crippen MR) is 126 cm³/mol. The fourth-order valence-electron chi connectivity index (χ4n) is 3.04. The second kappa shape index (κ2) is 9.81. The molecule has 156 valence electrons. The number of hydrogen-bond acceptors (Lipinski definition) is 3. The van der Waals surface area contributed by atoms with Crippen molar-refractivity contribution in [3.8, 4) is 5.75 Å². The molecule has 4 aromatic rings. The minimum atomic E-state index is -0.201. The van der Waals surface area contributed by atoms with Gasteiger partial charge in [-0.1, -0.05) is 51.8 Å². The molecule has 1 heterocycles. The van der Waals surface area contributed by atoms with Gasteiger partial charge in [0.15, 0.2) is 0 Å². The van der Waals surface area contributed by atoms with E-state index in [1.165, 1.54) is 0 Å². The van der Waals surface area contributed by atoms with Crippen LogP contribution in [0.2, 0.25) is 5.02 Å². The van der Waals surface area contributed by atoms with E-state index in [4.69, 9.17) is 16.3 Å². The van der Waals surface area contributed by atoms with Crippen molar-refractivity contribution in [2.24, 2.45) is 0 Å². The molecule has 1 amide bonds. The van der Waals surface area contributed by atoms with Gasteiger partial charge in [0.2, 0.25) is 0 Å². The molecular formula is C24H19BrClN3O2. The number of benzene rings is 3. The molecule has 0 aliphatic carbocycles. The molecule has 0 saturated heterocycles. The summed E-state index contributed by atoms with van der Waals surface area (Å²) in [7, 11) is 0. The number of nitrogens with zero attached hydrogens (tertiary/aromatic N) is 2. The van der Waals surface area contributed by atoms with Gasteiger partial charge in [-0.2, -0.15) is 5.10 Å². The van der Waals surface area contributed by atoms with Gasteiger partial charge >= 0.3 is 0 Å². The Morgan fingerprint density at radius 3 is 2.61 bits per heavy atom. The predicted octanol–water partition coefficient (Wildman–Crippen LogP) is 6.18. The van der Waals surface area contributed by atoms with Crippen molar-refractivity contribution < 1.29 is 9.53 Å². The van der Waals surface area contributed by atoms with Crippen molar-refractivity contribution in [2.75, 3.05) is 5.32 Å². The lowest BCUT2D eigenvalue weighted by atomic mass is 10.1. The monoisotopic (exact) mass is 495 g/mol. The fraction of sp³-hybridized carbons (Fsp3) is 0.0833. The number of ether oxygens (including phenoxy) is 1. The zero-order valence-electron chi connectivity index (χ0n) is 16.5. The van der Waals surface area contributed by atoms with Crippen LogP contribution in [0.1, 0.15) is 21.5 Å². The number of rotatable bonds is 7. The normalized spacial score (nSPS) is 10.6. The van der Waals surface area contributed by atoms with Gasteiger partial charge in [0.05, 0.1) is 18.4 Å². The first kappa shape index (κ1) is 21.2. The van der Waals surface area contributed by atoms with Crippen LogP contribution in [0, 0.1) is 0 Å². The summed E-state index contributed by atoms with van der Waals surface area (Å²) in [6.45, 7) is 0.944. The first-order valence-electron chi connectivity index (χ1n) is 9.61. The van der Waals surface area contributed by atoms with Gasteiger partial charge in [0, 0.05) is 21.3 Å². The molecule has 1 aromatic heterocycles. The van der Waals surface area contributed by atoms with Gasteiger partial charge in [-0.15, -0.1) is 0 Å². The Labute approximate surface area is 193 Å². The van der Waals surface area contributed by atoms with Crippen LogP contribution in [0.4, 0.5) is 5.69 Å². The third kappa shape index (κ3) is 5.96. The van der Waals surface area contributed by atoms with Crippen LogP contribution in [0.3, 0.4) is 0 Å². The minimum absolute atomic E-state index is 0.201. The summed E-state index contributed by atoms with van der Waals surface area (Å²) in [5.74, 6) is 0.568. The lowest BCUT2D eigenvalue weighted by molar-refractivity contribution is 0.102. The van der Waals surface area contributed by atoms with Crippen LogP contribution >= 0.6 is 27.5 Å². The maximum atomic E-state index is 12.7. The van der Waals surface area contributed by atoms with Crippen LogP contribution in [0.15, 0.2) is 89.7 Å². The first-order chi connectivity index (χ1) is 15.0. The Kier molecular flexibility index (Phi) is 6.70. The Morgan fingerprint density at radius 2 is 1.81 bits per heavy atom. The number of nitrogens with one attached hydrogen (secondary N) is 1. The molecule has 0 saturated carbocycles. The van der Waals surface area contributed by atoms with E-state index in [0.29, 0.717) is 29.4 Å². The van der Waals surface area contributed by atoms with Crippen LogP contribution in [-0.4, -0.2) is 15.7 Å². The molecule has 3 aromatic carbocycles. The van der Waals surface area contributed by atoms with Crippen molar-refractivity contribution in [1.82, 2.24) is 9.78 Å². The third-order valence-electron chi connectivity index (χ3n) is 4.53. The van der Waals surface area contributed by atoms with Crippen molar-refractivity contribution in [1.29, 1.82) is 0 Å². The summed E-state index contributed by atoms with van der Waals surface area (Å²) >= 11 is 9.44. The van der Waals surface area contributed by atoms with Crippen molar-refractivity contribution >= 4 is 39.1 Å². The van der Waals surface area contributed by atoms with Gasteiger partial charge < -0.3 is 10.1 Å². The Bertz CT molecular complexity index is 1190. The maximum absolute atomic E-state index is 12.7. The smallest absolute Gasteiger partial charge is 0.255 e. The molecule has 4 rings (SSSR count). The second-order valence-corrected chi connectivity index (χ2v) is 8.31. The molecule has 0 bridgehead atoms. The molecule has 0 fully saturated rings. The molecule has 1 N–H and O–H groups in total. The zero-order valence-corrected chi connectivity index (χ0v) is 18.8. The quantitative estimate of drug-likeness (QED) is 0.332. The Hall–Kier alpha value is -3.09. The van der Waals surface area contributed by atoms with Crippen molar-refractivity contribution in [3.63, 3.8) is 0 Å². The largest absolute Gasteiger partial charge is 0.489 e. The van der Waals surface area contributed by atoms with Gasteiger partial charge in [0.25, 0.3) is 5.91 Å². The van der Waals surface area contributed by atoms with Crippen molar-refractivity contribution in [3.05, 3.63) is 111 Å².